The van der Waals surface area contributed by atoms with E-state index in [-0.39, 0.29) is 37.4 Å². The molecule has 0 spiro atoms. The summed E-state index contributed by atoms with van der Waals surface area (Å²) in [4.78, 5) is 37.4. The van der Waals surface area contributed by atoms with Crippen LogP contribution >= 0.6 is 0 Å². The molecule has 4 atom stereocenters. The van der Waals surface area contributed by atoms with Gasteiger partial charge in [-0.2, -0.15) is 9.97 Å². The van der Waals surface area contributed by atoms with Crippen molar-refractivity contribution < 1.29 is 32.3 Å². The van der Waals surface area contributed by atoms with Gasteiger partial charge in [0.05, 0.1) is 13.2 Å². The van der Waals surface area contributed by atoms with Crippen molar-refractivity contribution in [3.05, 3.63) is 23.1 Å². The number of aromatic nitrogens is 4. The van der Waals surface area contributed by atoms with Crippen LogP contribution in [-0.4, -0.2) is 100 Å². The van der Waals surface area contributed by atoms with Gasteiger partial charge in [0.25, 0.3) is 0 Å². The SMILES string of the molecule is C=CCn1c(=O)n([C@@H]2O[C@H](CO[Si](CC)(CC)CC)[C@@H](O[Si](CC)(CC)CC)[C@H]2O[Si](CC)(CC)CC)c2nc(N)nc(OCN(C)C(=O)OCC)c21. The monoisotopic (exact) mass is 796 g/mol. The zero-order valence-electron chi connectivity index (χ0n) is 34.4. The summed E-state index contributed by atoms with van der Waals surface area (Å²) >= 11 is 0. The second-order valence-electron chi connectivity index (χ2n) is 14.1. The van der Waals surface area contributed by atoms with Crippen LogP contribution in [0.3, 0.4) is 0 Å². The molecule has 0 aliphatic carbocycles. The van der Waals surface area contributed by atoms with E-state index in [2.05, 4.69) is 78.9 Å². The molecule has 0 saturated carbocycles. The van der Waals surface area contributed by atoms with Gasteiger partial charge in [0.1, 0.15) is 18.3 Å². The predicted molar refractivity (Wildman–Crippen MR) is 218 cm³/mol. The minimum absolute atomic E-state index is 0.0443. The van der Waals surface area contributed by atoms with Crippen molar-refractivity contribution in [3.8, 4) is 5.88 Å². The molecule has 0 aromatic carbocycles. The third kappa shape index (κ3) is 9.64. The molecule has 1 amide bonds. The molecular weight excluding hydrogens is 729 g/mol. The van der Waals surface area contributed by atoms with Crippen LogP contribution in [0.1, 0.15) is 75.5 Å². The van der Waals surface area contributed by atoms with E-state index >= 15 is 0 Å². The second kappa shape index (κ2) is 19.9. The first kappa shape index (κ1) is 44.8. The fourth-order valence-corrected chi connectivity index (χ4v) is 15.8. The number of rotatable bonds is 23. The molecule has 53 heavy (non-hydrogen) atoms. The van der Waals surface area contributed by atoms with Crippen molar-refractivity contribution in [2.75, 3.05) is 32.7 Å². The Hall–Kier alpha value is -2.55. The Morgan fingerprint density at radius 2 is 1.40 bits per heavy atom. The maximum atomic E-state index is 14.8. The zero-order valence-corrected chi connectivity index (χ0v) is 37.4. The summed E-state index contributed by atoms with van der Waals surface area (Å²) in [6, 6.07) is 8.53. The van der Waals surface area contributed by atoms with Gasteiger partial charge in [-0.15, -0.1) is 6.58 Å². The van der Waals surface area contributed by atoms with Crippen LogP contribution in [0.4, 0.5) is 10.7 Å². The highest BCUT2D eigenvalue weighted by Gasteiger charge is 2.54. The minimum Gasteiger partial charge on any atom is -0.454 e. The van der Waals surface area contributed by atoms with E-state index in [1.54, 1.807) is 20.0 Å². The van der Waals surface area contributed by atoms with E-state index in [9.17, 15) is 9.59 Å². The van der Waals surface area contributed by atoms with Crippen LogP contribution in [0.25, 0.3) is 11.2 Å². The summed E-state index contributed by atoms with van der Waals surface area (Å²) < 4.78 is 43.0. The molecule has 0 unspecified atom stereocenters. The first-order valence-electron chi connectivity index (χ1n) is 19.9. The number of carbonyl (C=O) groups excluding carboxylic acids is 1. The molecule has 17 heteroatoms. The van der Waals surface area contributed by atoms with Crippen molar-refractivity contribution in [3.63, 3.8) is 0 Å². The summed E-state index contributed by atoms with van der Waals surface area (Å²) in [6.07, 6.45) is -1.43. The van der Waals surface area contributed by atoms with Gasteiger partial charge in [-0.25, -0.2) is 14.2 Å². The molecule has 3 rings (SSSR count). The number of nitrogens with two attached hydrogens (primary N) is 1. The number of amides is 1. The number of imidazole rings is 1. The van der Waals surface area contributed by atoms with Gasteiger partial charge in [0, 0.05) is 13.6 Å². The van der Waals surface area contributed by atoms with E-state index in [0.29, 0.717) is 12.1 Å². The smallest absolute Gasteiger partial charge is 0.412 e. The van der Waals surface area contributed by atoms with Gasteiger partial charge < -0.3 is 33.2 Å². The Kier molecular flexibility index (Phi) is 16.8. The van der Waals surface area contributed by atoms with Crippen molar-refractivity contribution in [2.45, 2.75) is 155 Å². The number of carbonyl (C=O) groups is 1. The van der Waals surface area contributed by atoms with Crippen LogP contribution in [-0.2, 0) is 29.3 Å². The highest BCUT2D eigenvalue weighted by Crippen LogP contribution is 2.42. The molecule has 2 aromatic rings. The normalized spacial score (nSPS) is 19.5. The van der Waals surface area contributed by atoms with E-state index < -0.39 is 61.3 Å². The lowest BCUT2D eigenvalue weighted by molar-refractivity contribution is -0.0482. The molecule has 302 valence electrons. The number of fused-ring (bicyclic) bond motifs is 1. The molecule has 1 fully saturated rings. The topological polar surface area (TPSA) is 154 Å². The van der Waals surface area contributed by atoms with Gasteiger partial charge in [-0.05, 0) is 61.3 Å². The third-order valence-electron chi connectivity index (χ3n) is 11.7. The van der Waals surface area contributed by atoms with Crippen LogP contribution in [0.15, 0.2) is 17.4 Å². The first-order valence-corrected chi connectivity index (χ1v) is 27.4. The maximum Gasteiger partial charge on any atom is 0.412 e. The summed E-state index contributed by atoms with van der Waals surface area (Å²) in [5.41, 5.74) is 6.46. The molecule has 0 bridgehead atoms. The predicted octanol–water partition coefficient (Wildman–Crippen LogP) is 7.49. The Balaban J connectivity index is 2.34. The number of allylic oxidation sites excluding steroid dienone is 1. The molecule has 2 N–H and O–H groups in total. The lowest BCUT2D eigenvalue weighted by Gasteiger charge is -2.40. The Bertz CT molecular complexity index is 1520. The number of nitrogen functional groups attached to an aromatic ring is 1. The van der Waals surface area contributed by atoms with Gasteiger partial charge in [0.15, 0.2) is 49.1 Å². The summed E-state index contributed by atoms with van der Waals surface area (Å²) in [5.74, 6) is -0.0554. The average Bonchev–Trinajstić information content (AvgIpc) is 3.64. The van der Waals surface area contributed by atoms with Crippen molar-refractivity contribution in [2.24, 2.45) is 0 Å². The number of anilines is 1. The van der Waals surface area contributed by atoms with Gasteiger partial charge in [-0.3, -0.25) is 9.47 Å². The van der Waals surface area contributed by atoms with E-state index in [1.807, 2.05) is 0 Å². The summed E-state index contributed by atoms with van der Waals surface area (Å²) in [7, 11) is -5.04. The summed E-state index contributed by atoms with van der Waals surface area (Å²) in [5, 5.41) is 0. The molecule has 1 aliphatic rings. The van der Waals surface area contributed by atoms with Crippen LogP contribution in [0.5, 0.6) is 5.88 Å². The maximum absolute atomic E-state index is 14.8. The largest absolute Gasteiger partial charge is 0.454 e. The van der Waals surface area contributed by atoms with Gasteiger partial charge in [0.2, 0.25) is 11.8 Å². The van der Waals surface area contributed by atoms with Crippen LogP contribution in [0, 0.1) is 0 Å². The van der Waals surface area contributed by atoms with Crippen LogP contribution < -0.4 is 16.2 Å². The third-order valence-corrected chi connectivity index (χ3v) is 25.7. The Morgan fingerprint density at radius 1 is 0.868 bits per heavy atom. The average molecular weight is 797 g/mol. The van der Waals surface area contributed by atoms with Crippen molar-refractivity contribution in [1.29, 1.82) is 0 Å². The minimum atomic E-state index is -2.32. The summed E-state index contributed by atoms with van der Waals surface area (Å²) in [6.45, 7) is 26.0. The van der Waals surface area contributed by atoms with Gasteiger partial charge in [-0.1, -0.05) is 68.4 Å². The number of hydrogen-bond acceptors (Lipinski definition) is 11. The quantitative estimate of drug-likeness (QED) is 0.0676. The standard InChI is InChI=1S/C36H68N6O8Si3/c1-13-24-41-28-31(38-34(37)39-32(28)46-26-40(12)36(44)45-14-2)42(35(41)43)33-30(50-53(21-9,22-10)23-11)29(49-52(18-6,19-7)20-8)27(48-33)25-47-51(15-3,16-4)17-5/h13,27,29-30,33H,1,14-26H2,2-12H3,(H2,37,38,39)/t27-,29-,30-,33-/m1/s1. The molecule has 1 saturated heterocycles. The molecule has 2 aromatic heterocycles. The number of ether oxygens (including phenoxy) is 3. The highest BCUT2D eigenvalue weighted by molar-refractivity contribution is 6.74. The first-order chi connectivity index (χ1) is 25.3. The highest BCUT2D eigenvalue weighted by atomic mass is 28.4. The van der Waals surface area contributed by atoms with Crippen molar-refractivity contribution >= 4 is 48.2 Å². The second-order valence-corrected chi connectivity index (χ2v) is 28.3. The molecule has 1 aliphatic heterocycles. The van der Waals surface area contributed by atoms with E-state index in [0.717, 1.165) is 54.4 Å². The van der Waals surface area contributed by atoms with Crippen LogP contribution in [0.2, 0.25) is 54.4 Å². The molecule has 0 radical (unpaired) electrons. The van der Waals surface area contributed by atoms with Crippen molar-refractivity contribution in [1.82, 2.24) is 24.0 Å². The molecule has 14 nitrogen and oxygen atoms in total. The molecular formula is C36H68N6O8Si3. The number of nitrogens with zero attached hydrogens (tertiary/aromatic N) is 5. The van der Waals surface area contributed by atoms with E-state index in [4.69, 9.17) is 33.2 Å². The lowest BCUT2D eigenvalue weighted by Crippen LogP contribution is -2.53. The van der Waals surface area contributed by atoms with Gasteiger partial charge >= 0.3 is 11.8 Å². The zero-order chi connectivity index (χ0) is 39.6. The lowest BCUT2D eigenvalue weighted by atomic mass is 10.1. The fraction of sp³-hybridized carbons (Fsp3) is 0.778. The Morgan fingerprint density at radius 3 is 1.89 bits per heavy atom. The number of hydrogen-bond donors (Lipinski definition) is 1. The van der Waals surface area contributed by atoms with E-state index in [1.165, 1.54) is 14.0 Å². The fourth-order valence-electron chi connectivity index (χ4n) is 7.44. The Labute approximate surface area is 320 Å². The molecule has 3 heterocycles.